The lowest BCUT2D eigenvalue weighted by atomic mass is 9.94. The summed E-state index contributed by atoms with van der Waals surface area (Å²) in [6.07, 6.45) is 4.57. The fourth-order valence-corrected chi connectivity index (χ4v) is 3.41. The molecule has 2 N–H and O–H groups in total. The molecule has 1 aliphatic carbocycles. The van der Waals surface area contributed by atoms with Crippen molar-refractivity contribution in [1.29, 1.82) is 0 Å². The summed E-state index contributed by atoms with van der Waals surface area (Å²) in [5.74, 6) is 2.46. The molecule has 2 aliphatic rings. The first kappa shape index (κ1) is 12.9. The highest BCUT2D eigenvalue weighted by Gasteiger charge is 2.37. The van der Waals surface area contributed by atoms with Gasteiger partial charge >= 0.3 is 0 Å². The summed E-state index contributed by atoms with van der Waals surface area (Å²) in [6, 6.07) is 0. The third-order valence-electron chi connectivity index (χ3n) is 4.76. The summed E-state index contributed by atoms with van der Waals surface area (Å²) in [4.78, 5) is 14.6. The summed E-state index contributed by atoms with van der Waals surface area (Å²) in [6.45, 7) is 7.14. The molecular formula is C14H26N2O. The Morgan fingerprint density at radius 1 is 1.35 bits per heavy atom. The Balaban J connectivity index is 1.92. The van der Waals surface area contributed by atoms with Crippen LogP contribution in [0.25, 0.3) is 0 Å². The van der Waals surface area contributed by atoms with Gasteiger partial charge in [-0.2, -0.15) is 0 Å². The maximum atomic E-state index is 12.5. The lowest BCUT2D eigenvalue weighted by Gasteiger charge is -2.24. The van der Waals surface area contributed by atoms with Gasteiger partial charge in [0, 0.05) is 19.0 Å². The van der Waals surface area contributed by atoms with E-state index in [-0.39, 0.29) is 5.92 Å². The molecular weight excluding hydrogens is 212 g/mol. The molecule has 1 amide bonds. The molecule has 0 aromatic rings. The van der Waals surface area contributed by atoms with Crippen LogP contribution in [0.15, 0.2) is 0 Å². The summed E-state index contributed by atoms with van der Waals surface area (Å²) in [5, 5.41) is 0. The SMILES string of the molecule is CC(C)C1CCN(C(=O)C2CCCC2CN)C1. The molecule has 2 fully saturated rings. The fourth-order valence-electron chi connectivity index (χ4n) is 3.41. The molecule has 1 saturated heterocycles. The monoisotopic (exact) mass is 238 g/mol. The average molecular weight is 238 g/mol. The van der Waals surface area contributed by atoms with E-state index in [2.05, 4.69) is 18.7 Å². The number of carbonyl (C=O) groups is 1. The number of carbonyl (C=O) groups excluding carboxylic acids is 1. The minimum atomic E-state index is 0.228. The van der Waals surface area contributed by atoms with Crippen LogP contribution in [0.2, 0.25) is 0 Å². The van der Waals surface area contributed by atoms with E-state index in [0.29, 0.717) is 30.2 Å². The normalized spacial score (nSPS) is 33.6. The second-order valence-corrected chi connectivity index (χ2v) is 6.11. The van der Waals surface area contributed by atoms with Crippen LogP contribution in [0.4, 0.5) is 0 Å². The Bertz CT molecular complexity index is 277. The molecule has 0 aromatic heterocycles. The van der Waals surface area contributed by atoms with E-state index in [1.165, 1.54) is 12.8 Å². The van der Waals surface area contributed by atoms with E-state index in [1.807, 2.05) is 0 Å². The molecule has 2 rings (SSSR count). The minimum absolute atomic E-state index is 0.228. The van der Waals surface area contributed by atoms with Gasteiger partial charge in [-0.25, -0.2) is 0 Å². The molecule has 98 valence electrons. The van der Waals surface area contributed by atoms with Crippen molar-refractivity contribution in [2.24, 2.45) is 29.4 Å². The van der Waals surface area contributed by atoms with Crippen LogP contribution >= 0.6 is 0 Å². The second kappa shape index (κ2) is 5.38. The summed E-state index contributed by atoms with van der Waals surface area (Å²) >= 11 is 0. The first-order valence-electron chi connectivity index (χ1n) is 7.12. The molecule has 17 heavy (non-hydrogen) atoms. The topological polar surface area (TPSA) is 46.3 Å². The molecule has 0 bridgehead atoms. The standard InChI is InChI=1S/C14H26N2O/c1-10(2)12-6-7-16(9-12)14(17)13-5-3-4-11(13)8-15/h10-13H,3-9,15H2,1-2H3. The van der Waals surface area contributed by atoms with Crippen molar-refractivity contribution in [3.05, 3.63) is 0 Å². The van der Waals surface area contributed by atoms with Gasteiger partial charge in [0.2, 0.25) is 5.91 Å². The predicted octanol–water partition coefficient (Wildman–Crippen LogP) is 1.87. The van der Waals surface area contributed by atoms with Crippen LogP contribution in [-0.2, 0) is 4.79 Å². The lowest BCUT2D eigenvalue weighted by molar-refractivity contribution is -0.135. The van der Waals surface area contributed by atoms with E-state index in [4.69, 9.17) is 5.73 Å². The number of nitrogens with zero attached hydrogens (tertiary/aromatic N) is 1. The summed E-state index contributed by atoms with van der Waals surface area (Å²) in [7, 11) is 0. The maximum Gasteiger partial charge on any atom is 0.226 e. The summed E-state index contributed by atoms with van der Waals surface area (Å²) in [5.41, 5.74) is 5.77. The number of amides is 1. The van der Waals surface area contributed by atoms with Gasteiger partial charge < -0.3 is 10.6 Å². The Morgan fingerprint density at radius 2 is 2.12 bits per heavy atom. The van der Waals surface area contributed by atoms with E-state index >= 15 is 0 Å². The van der Waals surface area contributed by atoms with Crippen molar-refractivity contribution in [1.82, 2.24) is 4.90 Å². The summed E-state index contributed by atoms with van der Waals surface area (Å²) < 4.78 is 0. The van der Waals surface area contributed by atoms with Crippen LogP contribution in [0.1, 0.15) is 39.5 Å². The van der Waals surface area contributed by atoms with Crippen LogP contribution in [0, 0.1) is 23.7 Å². The third-order valence-corrected chi connectivity index (χ3v) is 4.76. The molecule has 1 saturated carbocycles. The molecule has 1 aliphatic heterocycles. The highest BCUT2D eigenvalue weighted by molar-refractivity contribution is 5.79. The van der Waals surface area contributed by atoms with Crippen LogP contribution < -0.4 is 5.73 Å². The molecule has 3 nitrogen and oxygen atoms in total. The van der Waals surface area contributed by atoms with Crippen molar-refractivity contribution in [3.63, 3.8) is 0 Å². The van der Waals surface area contributed by atoms with Gasteiger partial charge in [-0.3, -0.25) is 4.79 Å². The Kier molecular flexibility index (Phi) is 4.08. The van der Waals surface area contributed by atoms with Crippen molar-refractivity contribution < 1.29 is 4.79 Å². The van der Waals surface area contributed by atoms with Crippen LogP contribution in [0.5, 0.6) is 0 Å². The predicted molar refractivity (Wildman–Crippen MR) is 69.4 cm³/mol. The number of hydrogen-bond acceptors (Lipinski definition) is 2. The highest BCUT2D eigenvalue weighted by atomic mass is 16.2. The molecule has 3 atom stereocenters. The van der Waals surface area contributed by atoms with Crippen LogP contribution in [-0.4, -0.2) is 30.4 Å². The van der Waals surface area contributed by atoms with E-state index in [0.717, 1.165) is 25.9 Å². The van der Waals surface area contributed by atoms with Gasteiger partial charge in [0.05, 0.1) is 0 Å². The first-order chi connectivity index (χ1) is 8.13. The smallest absolute Gasteiger partial charge is 0.226 e. The number of nitrogens with two attached hydrogens (primary N) is 1. The van der Waals surface area contributed by atoms with Crippen molar-refractivity contribution in [2.75, 3.05) is 19.6 Å². The maximum absolute atomic E-state index is 12.5. The lowest BCUT2D eigenvalue weighted by Crippen LogP contribution is -2.38. The van der Waals surface area contributed by atoms with Crippen molar-refractivity contribution in [3.8, 4) is 0 Å². The van der Waals surface area contributed by atoms with E-state index in [1.54, 1.807) is 0 Å². The third kappa shape index (κ3) is 2.65. The van der Waals surface area contributed by atoms with Gasteiger partial charge in [0.1, 0.15) is 0 Å². The number of hydrogen-bond donors (Lipinski definition) is 1. The molecule has 0 spiro atoms. The Morgan fingerprint density at radius 3 is 2.71 bits per heavy atom. The fraction of sp³-hybridized carbons (Fsp3) is 0.929. The van der Waals surface area contributed by atoms with Crippen molar-refractivity contribution in [2.45, 2.75) is 39.5 Å². The molecule has 3 unspecified atom stereocenters. The van der Waals surface area contributed by atoms with Crippen molar-refractivity contribution >= 4 is 5.91 Å². The zero-order chi connectivity index (χ0) is 12.4. The second-order valence-electron chi connectivity index (χ2n) is 6.11. The quantitative estimate of drug-likeness (QED) is 0.816. The molecule has 0 aromatic carbocycles. The zero-order valence-corrected chi connectivity index (χ0v) is 11.2. The number of likely N-dealkylation sites (tertiary alicyclic amines) is 1. The van der Waals surface area contributed by atoms with E-state index in [9.17, 15) is 4.79 Å². The van der Waals surface area contributed by atoms with Gasteiger partial charge in [-0.15, -0.1) is 0 Å². The van der Waals surface area contributed by atoms with Gasteiger partial charge in [0.15, 0.2) is 0 Å². The van der Waals surface area contributed by atoms with Gasteiger partial charge in [0.25, 0.3) is 0 Å². The molecule has 0 radical (unpaired) electrons. The van der Waals surface area contributed by atoms with Gasteiger partial charge in [-0.05, 0) is 43.6 Å². The first-order valence-corrected chi connectivity index (χ1v) is 7.12. The van der Waals surface area contributed by atoms with Crippen LogP contribution in [0.3, 0.4) is 0 Å². The van der Waals surface area contributed by atoms with Gasteiger partial charge in [-0.1, -0.05) is 20.3 Å². The zero-order valence-electron chi connectivity index (χ0n) is 11.2. The largest absolute Gasteiger partial charge is 0.342 e. The molecule has 1 heterocycles. The Hall–Kier alpha value is -0.570. The minimum Gasteiger partial charge on any atom is -0.342 e. The highest BCUT2D eigenvalue weighted by Crippen LogP contribution is 2.34. The Labute approximate surface area is 105 Å². The average Bonchev–Trinajstić information content (AvgIpc) is 2.96. The van der Waals surface area contributed by atoms with E-state index < -0.39 is 0 Å². The molecule has 3 heteroatoms. The number of rotatable bonds is 3.